The number of aromatic nitrogens is 1. The first-order chi connectivity index (χ1) is 8.52. The van der Waals surface area contributed by atoms with E-state index in [0.29, 0.717) is 22.4 Å². The Labute approximate surface area is 117 Å². The number of carbonyl (C=O) groups excluding carboxylic acids is 1. The third kappa shape index (κ3) is 2.48. The highest BCUT2D eigenvalue weighted by Crippen LogP contribution is 2.36. The minimum atomic E-state index is -0.727. The Morgan fingerprint density at radius 3 is 2.50 bits per heavy atom. The number of benzene rings is 1. The van der Waals surface area contributed by atoms with Crippen LogP contribution in [0, 0.1) is 5.82 Å². The van der Waals surface area contributed by atoms with E-state index in [4.69, 9.17) is 34.8 Å². The summed E-state index contributed by atoms with van der Waals surface area (Å²) in [5.41, 5.74) is 0.591. The van der Waals surface area contributed by atoms with Gasteiger partial charge in [-0.3, -0.25) is 4.79 Å². The first kappa shape index (κ1) is 13.3. The number of hydrogen-bond acceptors (Lipinski definition) is 2. The van der Waals surface area contributed by atoms with E-state index in [9.17, 15) is 9.18 Å². The fourth-order valence-corrected chi connectivity index (χ4v) is 2.16. The van der Waals surface area contributed by atoms with Gasteiger partial charge >= 0.3 is 0 Å². The summed E-state index contributed by atoms with van der Waals surface area (Å²) in [5.74, 6) is -0.727. The average molecular weight is 305 g/mol. The number of aldehydes is 1. The first-order valence-electron chi connectivity index (χ1n) is 4.78. The highest BCUT2D eigenvalue weighted by atomic mass is 35.5. The molecule has 1 heterocycles. The molecule has 18 heavy (non-hydrogen) atoms. The van der Waals surface area contributed by atoms with Crippen molar-refractivity contribution in [3.8, 4) is 11.1 Å². The Kier molecular flexibility index (Phi) is 3.85. The molecule has 2 rings (SSSR count). The molecule has 0 bridgehead atoms. The standard InChI is InChI=1S/C12H5Cl3FNO/c13-7-2-8(12(15)9(14)3-7)6-1-10(16)11(5-18)17-4-6/h1-5H. The lowest BCUT2D eigenvalue weighted by Crippen LogP contribution is -1.94. The lowest BCUT2D eigenvalue weighted by atomic mass is 10.1. The predicted molar refractivity (Wildman–Crippen MR) is 70.0 cm³/mol. The summed E-state index contributed by atoms with van der Waals surface area (Å²) < 4.78 is 13.5. The number of carbonyl (C=O) groups is 1. The molecule has 0 N–H and O–H groups in total. The Morgan fingerprint density at radius 1 is 1.17 bits per heavy atom. The Bertz CT molecular complexity index is 631. The van der Waals surface area contributed by atoms with E-state index in [1.807, 2.05) is 0 Å². The zero-order chi connectivity index (χ0) is 13.3. The minimum Gasteiger partial charge on any atom is -0.296 e. The van der Waals surface area contributed by atoms with Crippen LogP contribution >= 0.6 is 34.8 Å². The molecular formula is C12H5Cl3FNO. The molecule has 1 aromatic carbocycles. The molecule has 1 aromatic heterocycles. The van der Waals surface area contributed by atoms with Crippen molar-refractivity contribution >= 4 is 41.1 Å². The van der Waals surface area contributed by atoms with Crippen molar-refractivity contribution < 1.29 is 9.18 Å². The number of rotatable bonds is 2. The topological polar surface area (TPSA) is 30.0 Å². The van der Waals surface area contributed by atoms with E-state index < -0.39 is 5.82 Å². The molecule has 0 fully saturated rings. The predicted octanol–water partition coefficient (Wildman–Crippen LogP) is 4.66. The fraction of sp³-hybridized carbons (Fsp3) is 0. The van der Waals surface area contributed by atoms with Gasteiger partial charge in [0.25, 0.3) is 0 Å². The van der Waals surface area contributed by atoms with Crippen LogP contribution in [0.4, 0.5) is 4.39 Å². The van der Waals surface area contributed by atoms with Gasteiger partial charge in [-0.15, -0.1) is 0 Å². The second-order valence-electron chi connectivity index (χ2n) is 3.46. The van der Waals surface area contributed by atoms with Gasteiger partial charge in [-0.1, -0.05) is 34.8 Å². The van der Waals surface area contributed by atoms with Gasteiger partial charge in [-0.25, -0.2) is 9.37 Å². The van der Waals surface area contributed by atoms with Crippen LogP contribution in [-0.4, -0.2) is 11.3 Å². The summed E-state index contributed by atoms with van der Waals surface area (Å²) in [6.45, 7) is 0. The van der Waals surface area contributed by atoms with Crippen LogP contribution in [0.3, 0.4) is 0 Å². The molecule has 6 heteroatoms. The van der Waals surface area contributed by atoms with Gasteiger partial charge in [0.2, 0.25) is 0 Å². The second kappa shape index (κ2) is 5.22. The van der Waals surface area contributed by atoms with Gasteiger partial charge in [0.05, 0.1) is 10.0 Å². The molecule has 0 aliphatic carbocycles. The van der Waals surface area contributed by atoms with Gasteiger partial charge in [0.15, 0.2) is 12.1 Å². The van der Waals surface area contributed by atoms with Gasteiger partial charge in [-0.2, -0.15) is 0 Å². The van der Waals surface area contributed by atoms with Crippen molar-refractivity contribution in [1.82, 2.24) is 4.98 Å². The van der Waals surface area contributed by atoms with E-state index >= 15 is 0 Å². The third-order valence-electron chi connectivity index (χ3n) is 2.29. The third-order valence-corrected chi connectivity index (χ3v) is 3.31. The van der Waals surface area contributed by atoms with Crippen molar-refractivity contribution in [1.29, 1.82) is 0 Å². The number of halogens is 4. The van der Waals surface area contributed by atoms with Gasteiger partial charge in [0, 0.05) is 22.3 Å². The van der Waals surface area contributed by atoms with E-state index in [-0.39, 0.29) is 15.7 Å². The van der Waals surface area contributed by atoms with Crippen molar-refractivity contribution in [2.24, 2.45) is 0 Å². The molecule has 0 saturated heterocycles. The van der Waals surface area contributed by atoms with E-state index in [1.54, 1.807) is 6.07 Å². The average Bonchev–Trinajstić information content (AvgIpc) is 2.33. The highest BCUT2D eigenvalue weighted by molar-refractivity contribution is 6.45. The molecule has 0 amide bonds. The smallest absolute Gasteiger partial charge is 0.171 e. The molecule has 0 spiro atoms. The van der Waals surface area contributed by atoms with E-state index in [0.717, 1.165) is 6.07 Å². The van der Waals surface area contributed by atoms with Crippen LogP contribution in [0.15, 0.2) is 24.4 Å². The molecule has 2 nitrogen and oxygen atoms in total. The minimum absolute atomic E-state index is 0.251. The van der Waals surface area contributed by atoms with Crippen LogP contribution in [0.1, 0.15) is 10.5 Å². The summed E-state index contributed by atoms with van der Waals surface area (Å²) in [5, 5.41) is 0.888. The van der Waals surface area contributed by atoms with Gasteiger partial charge in [-0.05, 0) is 18.2 Å². The quantitative estimate of drug-likeness (QED) is 0.596. The summed E-state index contributed by atoms with van der Waals surface area (Å²) in [6.07, 6.45) is 1.67. The summed E-state index contributed by atoms with van der Waals surface area (Å²) in [4.78, 5) is 14.2. The van der Waals surface area contributed by atoms with Crippen LogP contribution in [0.2, 0.25) is 15.1 Å². The molecule has 0 radical (unpaired) electrons. The van der Waals surface area contributed by atoms with Crippen LogP contribution in [0.5, 0.6) is 0 Å². The van der Waals surface area contributed by atoms with Crippen molar-refractivity contribution in [2.45, 2.75) is 0 Å². The molecule has 2 aromatic rings. The molecular weight excluding hydrogens is 299 g/mol. The zero-order valence-electron chi connectivity index (χ0n) is 8.75. The Balaban J connectivity index is 2.62. The maximum absolute atomic E-state index is 13.5. The highest BCUT2D eigenvalue weighted by Gasteiger charge is 2.12. The number of hydrogen-bond donors (Lipinski definition) is 0. The lowest BCUT2D eigenvalue weighted by Gasteiger charge is -2.07. The van der Waals surface area contributed by atoms with Crippen molar-refractivity contribution in [2.75, 3.05) is 0 Å². The maximum Gasteiger partial charge on any atom is 0.171 e. The normalized spacial score (nSPS) is 10.4. The molecule has 0 atom stereocenters. The van der Waals surface area contributed by atoms with Gasteiger partial charge < -0.3 is 0 Å². The Morgan fingerprint density at radius 2 is 1.89 bits per heavy atom. The summed E-state index contributed by atoms with van der Waals surface area (Å²) in [7, 11) is 0. The second-order valence-corrected chi connectivity index (χ2v) is 4.68. The molecule has 92 valence electrons. The van der Waals surface area contributed by atoms with Crippen LogP contribution in [0.25, 0.3) is 11.1 Å². The van der Waals surface area contributed by atoms with E-state index in [2.05, 4.69) is 4.98 Å². The number of nitrogens with zero attached hydrogens (tertiary/aromatic N) is 1. The Hall–Kier alpha value is -1.16. The van der Waals surface area contributed by atoms with E-state index in [1.165, 1.54) is 12.3 Å². The SMILES string of the molecule is O=Cc1ncc(-c2cc(Cl)cc(Cl)c2Cl)cc1F. The maximum atomic E-state index is 13.5. The summed E-state index contributed by atoms with van der Waals surface area (Å²) in [6, 6.07) is 4.19. The zero-order valence-corrected chi connectivity index (χ0v) is 11.0. The van der Waals surface area contributed by atoms with Crippen molar-refractivity contribution in [3.05, 3.63) is 51.0 Å². The lowest BCUT2D eigenvalue weighted by molar-refractivity contribution is 0.111. The first-order valence-corrected chi connectivity index (χ1v) is 5.92. The molecule has 0 aliphatic rings. The monoisotopic (exact) mass is 303 g/mol. The largest absolute Gasteiger partial charge is 0.296 e. The molecule has 0 saturated carbocycles. The summed E-state index contributed by atoms with van der Waals surface area (Å²) >= 11 is 17.8. The van der Waals surface area contributed by atoms with Gasteiger partial charge in [0.1, 0.15) is 5.69 Å². The van der Waals surface area contributed by atoms with Crippen molar-refractivity contribution in [3.63, 3.8) is 0 Å². The van der Waals surface area contributed by atoms with Crippen LogP contribution in [-0.2, 0) is 0 Å². The fourth-order valence-electron chi connectivity index (χ4n) is 1.45. The molecule has 0 unspecified atom stereocenters. The van der Waals surface area contributed by atoms with Crippen LogP contribution < -0.4 is 0 Å². The molecule has 0 aliphatic heterocycles. The number of pyridine rings is 1.